The van der Waals surface area contributed by atoms with Crippen molar-refractivity contribution >= 4 is 49.0 Å². The van der Waals surface area contributed by atoms with Crippen molar-refractivity contribution in [2.45, 2.75) is 17.7 Å². The summed E-state index contributed by atoms with van der Waals surface area (Å²) >= 11 is 9.86. The minimum Gasteiger partial charge on any atom is -0.370 e. The Kier molecular flexibility index (Phi) is 7.10. The van der Waals surface area contributed by atoms with Gasteiger partial charge in [0.1, 0.15) is 5.82 Å². The van der Waals surface area contributed by atoms with E-state index in [1.54, 1.807) is 41.0 Å². The quantitative estimate of drug-likeness (QED) is 0.296. The molecule has 4 aromatic rings. The van der Waals surface area contributed by atoms with Gasteiger partial charge in [-0.1, -0.05) is 48.0 Å². The van der Waals surface area contributed by atoms with E-state index in [2.05, 4.69) is 31.1 Å². The molecule has 32 heavy (non-hydrogen) atoms. The van der Waals surface area contributed by atoms with E-state index < -0.39 is 10.0 Å². The number of hydrogen-bond donors (Lipinski definition) is 2. The number of halogens is 2. The van der Waals surface area contributed by atoms with Crippen LogP contribution in [0.1, 0.15) is 12.8 Å². The number of hydrogen-bond acceptors (Lipinski definition) is 5. The van der Waals surface area contributed by atoms with Crippen molar-refractivity contribution in [1.29, 1.82) is 0 Å². The van der Waals surface area contributed by atoms with E-state index in [4.69, 9.17) is 16.6 Å². The zero-order valence-corrected chi connectivity index (χ0v) is 20.2. The smallest absolute Gasteiger partial charge is 0.240 e. The molecule has 2 N–H and O–H groups in total. The first-order chi connectivity index (χ1) is 15.5. The van der Waals surface area contributed by atoms with Gasteiger partial charge in [0.15, 0.2) is 5.65 Å². The number of rotatable bonds is 9. The second-order valence-electron chi connectivity index (χ2n) is 7.08. The highest BCUT2D eigenvalue weighted by Gasteiger charge is 2.14. The van der Waals surface area contributed by atoms with Gasteiger partial charge >= 0.3 is 0 Å². The van der Waals surface area contributed by atoms with Crippen LogP contribution in [-0.2, 0) is 10.0 Å². The van der Waals surface area contributed by atoms with E-state index in [-0.39, 0.29) is 4.90 Å². The lowest BCUT2D eigenvalue weighted by atomic mass is 10.1. The molecule has 0 bridgehead atoms. The fourth-order valence-corrected chi connectivity index (χ4v) is 4.90. The van der Waals surface area contributed by atoms with Crippen molar-refractivity contribution in [2.75, 3.05) is 18.4 Å². The Morgan fingerprint density at radius 3 is 2.50 bits per heavy atom. The molecule has 0 aliphatic carbocycles. The minimum atomic E-state index is -3.48. The Morgan fingerprint density at radius 1 is 1.00 bits per heavy atom. The lowest BCUT2D eigenvalue weighted by Crippen LogP contribution is -2.25. The van der Waals surface area contributed by atoms with Crippen LogP contribution in [-0.4, -0.2) is 36.1 Å². The second kappa shape index (κ2) is 9.99. The summed E-state index contributed by atoms with van der Waals surface area (Å²) in [5.74, 6) is 0.778. The summed E-state index contributed by atoms with van der Waals surface area (Å²) in [6, 6.07) is 17.8. The van der Waals surface area contributed by atoms with Crippen molar-refractivity contribution in [2.24, 2.45) is 0 Å². The average Bonchev–Trinajstić information content (AvgIpc) is 3.18. The number of nitrogens with one attached hydrogen (secondary N) is 2. The maximum atomic E-state index is 12.3. The molecule has 7 nitrogen and oxygen atoms in total. The molecule has 0 fully saturated rings. The highest BCUT2D eigenvalue weighted by atomic mass is 79.9. The van der Waals surface area contributed by atoms with Gasteiger partial charge in [0.2, 0.25) is 10.0 Å². The van der Waals surface area contributed by atoms with Gasteiger partial charge in [-0.2, -0.15) is 9.61 Å². The van der Waals surface area contributed by atoms with E-state index in [1.807, 2.05) is 30.3 Å². The largest absolute Gasteiger partial charge is 0.370 e. The monoisotopic (exact) mass is 533 g/mol. The average molecular weight is 535 g/mol. The third-order valence-electron chi connectivity index (χ3n) is 4.83. The number of benzene rings is 2. The van der Waals surface area contributed by atoms with E-state index in [0.29, 0.717) is 30.2 Å². The van der Waals surface area contributed by atoms with Crippen LogP contribution in [0.4, 0.5) is 5.82 Å². The predicted octanol–water partition coefficient (Wildman–Crippen LogP) is 4.98. The Bertz CT molecular complexity index is 1330. The van der Waals surface area contributed by atoms with Crippen LogP contribution >= 0.6 is 27.5 Å². The summed E-state index contributed by atoms with van der Waals surface area (Å²) < 4.78 is 29.7. The van der Waals surface area contributed by atoms with Gasteiger partial charge in [0.05, 0.1) is 21.3 Å². The summed E-state index contributed by atoms with van der Waals surface area (Å²) in [4.78, 5) is 4.96. The molecular weight excluding hydrogens is 514 g/mol. The summed E-state index contributed by atoms with van der Waals surface area (Å²) in [5, 5.41) is 8.38. The molecule has 2 aromatic carbocycles. The molecular formula is C22H21BrClN5O2S. The third kappa shape index (κ3) is 5.12. The molecule has 4 rings (SSSR count). The zero-order chi connectivity index (χ0) is 22.6. The summed E-state index contributed by atoms with van der Waals surface area (Å²) in [5.41, 5.74) is 2.26. The van der Waals surface area contributed by atoms with Crippen molar-refractivity contribution in [3.8, 4) is 11.3 Å². The minimum absolute atomic E-state index is 0.272. The Balaban J connectivity index is 1.40. The molecule has 0 amide bonds. The maximum absolute atomic E-state index is 12.3. The summed E-state index contributed by atoms with van der Waals surface area (Å²) in [6.45, 7) is 1.01. The molecule has 0 saturated carbocycles. The molecule has 0 unspecified atom stereocenters. The van der Waals surface area contributed by atoms with Crippen molar-refractivity contribution in [1.82, 2.24) is 19.3 Å². The molecule has 2 heterocycles. The van der Waals surface area contributed by atoms with E-state index in [1.165, 1.54) is 0 Å². The van der Waals surface area contributed by atoms with Gasteiger partial charge in [0.25, 0.3) is 0 Å². The third-order valence-corrected chi connectivity index (χ3v) is 7.20. The van der Waals surface area contributed by atoms with E-state index >= 15 is 0 Å². The fourth-order valence-electron chi connectivity index (χ4n) is 3.22. The highest BCUT2D eigenvalue weighted by molar-refractivity contribution is 9.10. The Hall–Kier alpha value is -2.46. The molecule has 0 radical (unpaired) electrons. The van der Waals surface area contributed by atoms with Crippen LogP contribution in [0.15, 0.2) is 76.2 Å². The highest BCUT2D eigenvalue weighted by Crippen LogP contribution is 2.30. The van der Waals surface area contributed by atoms with E-state index in [9.17, 15) is 8.42 Å². The lowest BCUT2D eigenvalue weighted by Gasteiger charge is -2.12. The number of anilines is 1. The second-order valence-corrected chi connectivity index (χ2v) is 10.1. The SMILES string of the molecule is O=S(=O)(NCCCCNc1cc(-c2ccccc2Cl)nc2c(Br)cnn12)c1ccccc1. The molecule has 0 atom stereocenters. The van der Waals surface area contributed by atoms with Gasteiger partial charge in [-0.05, 0) is 47.0 Å². The number of unbranched alkanes of at least 4 members (excludes halogenated alkanes) is 1. The standard InChI is InChI=1S/C22H21BrClN5O2S/c23-18-15-26-29-21(14-20(28-22(18)29)17-10-4-5-11-19(17)24)25-12-6-7-13-27-32(30,31)16-8-2-1-3-9-16/h1-5,8-11,14-15,25,27H,6-7,12-13H2. The molecule has 0 aliphatic rings. The van der Waals surface area contributed by atoms with Crippen molar-refractivity contribution in [3.63, 3.8) is 0 Å². The molecule has 0 aliphatic heterocycles. The first kappa shape index (κ1) is 22.7. The molecule has 0 spiro atoms. The summed E-state index contributed by atoms with van der Waals surface area (Å²) in [6.07, 6.45) is 3.15. The fraction of sp³-hybridized carbons (Fsp3) is 0.182. The zero-order valence-electron chi connectivity index (χ0n) is 17.0. The maximum Gasteiger partial charge on any atom is 0.240 e. The number of fused-ring (bicyclic) bond motifs is 1. The van der Waals surface area contributed by atoms with Gasteiger partial charge in [-0.25, -0.2) is 18.1 Å². The van der Waals surface area contributed by atoms with Crippen LogP contribution in [0.25, 0.3) is 16.9 Å². The van der Waals surface area contributed by atoms with Crippen LogP contribution in [0.3, 0.4) is 0 Å². The van der Waals surface area contributed by atoms with Crippen molar-refractivity contribution < 1.29 is 8.42 Å². The van der Waals surface area contributed by atoms with Crippen LogP contribution in [0, 0.1) is 0 Å². The Labute approximate surface area is 200 Å². The molecule has 10 heteroatoms. The predicted molar refractivity (Wildman–Crippen MR) is 130 cm³/mol. The first-order valence-electron chi connectivity index (χ1n) is 10.0. The first-order valence-corrected chi connectivity index (χ1v) is 12.7. The van der Waals surface area contributed by atoms with E-state index in [0.717, 1.165) is 28.0 Å². The van der Waals surface area contributed by atoms with Crippen LogP contribution in [0.5, 0.6) is 0 Å². The topological polar surface area (TPSA) is 88.4 Å². The van der Waals surface area contributed by atoms with Gasteiger partial charge in [-0.3, -0.25) is 0 Å². The number of sulfonamides is 1. The molecule has 166 valence electrons. The normalized spacial score (nSPS) is 11.7. The van der Waals surface area contributed by atoms with Gasteiger partial charge < -0.3 is 5.32 Å². The molecule has 2 aromatic heterocycles. The van der Waals surface area contributed by atoms with Crippen molar-refractivity contribution in [3.05, 3.63) is 76.4 Å². The van der Waals surface area contributed by atoms with Gasteiger partial charge in [-0.15, -0.1) is 0 Å². The number of nitrogens with zero attached hydrogens (tertiary/aromatic N) is 3. The van der Waals surface area contributed by atoms with Gasteiger partial charge in [0, 0.05) is 29.7 Å². The lowest BCUT2D eigenvalue weighted by molar-refractivity contribution is 0.577. The summed E-state index contributed by atoms with van der Waals surface area (Å²) in [7, 11) is -3.48. The molecule has 0 saturated heterocycles. The van der Waals surface area contributed by atoms with Crippen LogP contribution in [0.2, 0.25) is 5.02 Å². The van der Waals surface area contributed by atoms with Crippen LogP contribution < -0.4 is 10.0 Å². The Morgan fingerprint density at radius 2 is 1.72 bits per heavy atom. The number of aromatic nitrogens is 3.